The number of hydrogen-bond acceptors (Lipinski definition) is 13. The minimum Gasteiger partial charge on any atom is -0.489 e. The minimum absolute atomic E-state index is 0.0164. The zero-order valence-electron chi connectivity index (χ0n) is 35.3. The number of nitro benzene ring substituents is 2. The number of imidazole rings is 1. The fraction of sp³-hybridized carbons (Fsp3) is 0.395. The quantitative estimate of drug-likeness (QED) is 0.0563. The maximum absolute atomic E-state index is 15.3. The summed E-state index contributed by atoms with van der Waals surface area (Å²) in [6, 6.07) is 13.1. The Bertz CT molecular complexity index is 2260. The molecule has 63 heavy (non-hydrogen) atoms. The fourth-order valence-corrected chi connectivity index (χ4v) is 7.32. The third kappa shape index (κ3) is 11.6. The van der Waals surface area contributed by atoms with Crippen molar-refractivity contribution in [1.29, 1.82) is 0 Å². The second-order valence-electron chi connectivity index (χ2n) is 15.2. The number of aromatic nitrogens is 2. The van der Waals surface area contributed by atoms with E-state index in [4.69, 9.17) is 15.2 Å². The molecular formula is C43H51N9O11. The van der Waals surface area contributed by atoms with Gasteiger partial charge in [0.15, 0.2) is 0 Å². The maximum Gasteiger partial charge on any atom is 0.369 e. The number of rotatable bonds is 20. The summed E-state index contributed by atoms with van der Waals surface area (Å²) in [6.07, 6.45) is 3.15. The largest absolute Gasteiger partial charge is 0.489 e. The number of nitrogens with one attached hydrogen (secondary N) is 3. The summed E-state index contributed by atoms with van der Waals surface area (Å²) in [6.45, 7) is 5.17. The normalized spacial score (nSPS) is 15.8. The van der Waals surface area contributed by atoms with E-state index in [0.717, 1.165) is 35.8 Å². The summed E-state index contributed by atoms with van der Waals surface area (Å²) < 4.78 is 10.6. The Morgan fingerprint density at radius 3 is 2.29 bits per heavy atom. The number of aromatic amines is 1. The highest BCUT2D eigenvalue weighted by atomic mass is 16.6. The van der Waals surface area contributed by atoms with Gasteiger partial charge in [-0.05, 0) is 61.4 Å². The molecule has 4 amide bonds. The van der Waals surface area contributed by atoms with Gasteiger partial charge in [0, 0.05) is 30.9 Å². The number of carbonyl (C=O) groups is 5. The topological polar surface area (TPSA) is 275 Å². The molecule has 5 rings (SSSR count). The van der Waals surface area contributed by atoms with Crippen LogP contribution in [0.2, 0.25) is 0 Å². The molecule has 5 N–H and O–H groups in total. The lowest BCUT2D eigenvalue weighted by molar-refractivity contribution is -0.422. The molecule has 0 spiro atoms. The number of nitro groups is 2. The van der Waals surface area contributed by atoms with Gasteiger partial charge in [-0.25, -0.2) is 9.78 Å². The second kappa shape index (κ2) is 21.5. The number of para-hydroxylation sites is 1. The lowest BCUT2D eigenvalue weighted by atomic mass is 9.94. The van der Waals surface area contributed by atoms with Gasteiger partial charge in [-0.1, -0.05) is 68.8 Å². The Morgan fingerprint density at radius 2 is 1.67 bits per heavy atom. The highest BCUT2D eigenvalue weighted by Crippen LogP contribution is 2.39. The summed E-state index contributed by atoms with van der Waals surface area (Å²) in [5.41, 5.74) is 5.75. The Kier molecular flexibility index (Phi) is 16.0. The van der Waals surface area contributed by atoms with Crippen LogP contribution in [-0.4, -0.2) is 98.2 Å². The lowest BCUT2D eigenvalue weighted by Crippen LogP contribution is -2.61. The van der Waals surface area contributed by atoms with Gasteiger partial charge in [-0.3, -0.25) is 44.3 Å². The molecule has 20 nitrogen and oxygen atoms in total. The number of H-pyrrole nitrogens is 1. The first-order valence-electron chi connectivity index (χ1n) is 20.4. The predicted molar refractivity (Wildman–Crippen MR) is 228 cm³/mol. The molecule has 2 heterocycles. The van der Waals surface area contributed by atoms with Gasteiger partial charge in [0.25, 0.3) is 5.91 Å². The van der Waals surface area contributed by atoms with E-state index >= 15 is 9.59 Å². The number of nitrogens with zero attached hydrogens (tertiary/aromatic N) is 5. The molecule has 0 aliphatic carbocycles. The van der Waals surface area contributed by atoms with Crippen LogP contribution < -0.4 is 26.0 Å². The summed E-state index contributed by atoms with van der Waals surface area (Å²) in [4.78, 5) is 102. The number of likely N-dealkylation sites (tertiary alicyclic amines) is 1. The van der Waals surface area contributed by atoms with E-state index in [0.29, 0.717) is 30.0 Å². The lowest BCUT2D eigenvalue weighted by Gasteiger charge is -2.38. The molecule has 1 aromatic heterocycles. The number of carbonyl (C=O) groups excluding carboxylic acids is 5. The van der Waals surface area contributed by atoms with Crippen LogP contribution in [0.5, 0.6) is 5.75 Å². The van der Waals surface area contributed by atoms with Crippen LogP contribution in [0.25, 0.3) is 0 Å². The highest BCUT2D eigenvalue weighted by Gasteiger charge is 2.46. The van der Waals surface area contributed by atoms with Gasteiger partial charge in [0.05, 0.1) is 29.3 Å². The average Bonchev–Trinajstić information content (AvgIpc) is 4.00. The first-order valence-corrected chi connectivity index (χ1v) is 20.4. The molecule has 0 unspecified atom stereocenters. The smallest absolute Gasteiger partial charge is 0.369 e. The van der Waals surface area contributed by atoms with Crippen molar-refractivity contribution in [2.75, 3.05) is 18.6 Å². The van der Waals surface area contributed by atoms with Gasteiger partial charge in [-0.15, -0.1) is 0 Å². The van der Waals surface area contributed by atoms with E-state index in [1.54, 1.807) is 38.1 Å². The molecule has 6 atom stereocenters. The van der Waals surface area contributed by atoms with Gasteiger partial charge < -0.3 is 35.7 Å². The molecular weight excluding hydrogens is 819 g/mol. The van der Waals surface area contributed by atoms with Crippen molar-refractivity contribution in [2.45, 2.75) is 89.7 Å². The molecule has 20 heteroatoms. The van der Waals surface area contributed by atoms with Crippen molar-refractivity contribution in [3.8, 4) is 5.75 Å². The van der Waals surface area contributed by atoms with Crippen LogP contribution in [0.15, 0.2) is 85.3 Å². The Labute approximate surface area is 362 Å². The molecule has 0 radical (unpaired) electrons. The number of nitrogens with two attached hydrogens (primary N) is 1. The first-order chi connectivity index (χ1) is 30.1. The third-order valence-corrected chi connectivity index (χ3v) is 10.9. The third-order valence-electron chi connectivity index (χ3n) is 10.9. The van der Waals surface area contributed by atoms with E-state index in [1.807, 2.05) is 30.3 Å². The van der Waals surface area contributed by atoms with Gasteiger partial charge in [0.2, 0.25) is 17.7 Å². The fourth-order valence-electron chi connectivity index (χ4n) is 7.32. The summed E-state index contributed by atoms with van der Waals surface area (Å²) in [5.74, 6) is -4.11. The molecule has 1 aliphatic rings. The Balaban J connectivity index is 1.52. The SMILES string of the molecule is CC[C@H](C)[C@H](NC(=O)[C@@H](N)Cc1ccc(OCc2ccccc2)cc1)C(=O)N(c1cccc([N+](=O)[O-])c1[N+](=O)[O-])[C@@H](Cc1cnc[nH]1)C(=O)N1CCC[C@H]1C(=O)N[C@@H](C)C(=O)OC. The van der Waals surface area contributed by atoms with Crippen molar-refractivity contribution in [2.24, 2.45) is 11.7 Å². The highest BCUT2D eigenvalue weighted by molar-refractivity contribution is 6.07. The van der Waals surface area contributed by atoms with Crippen molar-refractivity contribution in [3.63, 3.8) is 0 Å². The zero-order valence-corrected chi connectivity index (χ0v) is 35.3. The average molecular weight is 870 g/mol. The monoisotopic (exact) mass is 869 g/mol. The molecule has 0 saturated carbocycles. The molecule has 1 aliphatic heterocycles. The zero-order chi connectivity index (χ0) is 45.8. The van der Waals surface area contributed by atoms with E-state index in [-0.39, 0.29) is 32.2 Å². The van der Waals surface area contributed by atoms with Crippen LogP contribution in [0.3, 0.4) is 0 Å². The number of esters is 1. The predicted octanol–water partition coefficient (Wildman–Crippen LogP) is 3.52. The van der Waals surface area contributed by atoms with E-state index in [9.17, 15) is 34.6 Å². The number of amides is 4. The first kappa shape index (κ1) is 46.8. The van der Waals surface area contributed by atoms with Crippen LogP contribution in [0.1, 0.15) is 56.9 Å². The van der Waals surface area contributed by atoms with E-state index in [1.165, 1.54) is 24.3 Å². The van der Waals surface area contributed by atoms with Gasteiger partial charge in [-0.2, -0.15) is 0 Å². The van der Waals surface area contributed by atoms with Crippen molar-refractivity contribution >= 4 is 46.7 Å². The number of ether oxygens (including phenoxy) is 2. The molecule has 4 aromatic rings. The second-order valence-corrected chi connectivity index (χ2v) is 15.2. The Hall–Kier alpha value is -7.22. The summed E-state index contributed by atoms with van der Waals surface area (Å²) in [5, 5.41) is 30.3. The van der Waals surface area contributed by atoms with Crippen LogP contribution in [-0.2, 0) is 48.2 Å². The van der Waals surface area contributed by atoms with E-state index < -0.39 is 92.6 Å². The van der Waals surface area contributed by atoms with Crippen LogP contribution in [0, 0.1) is 26.1 Å². The molecule has 3 aromatic carbocycles. The van der Waals surface area contributed by atoms with Gasteiger partial charge >= 0.3 is 17.3 Å². The minimum atomic E-state index is -1.70. The Morgan fingerprint density at radius 1 is 0.952 bits per heavy atom. The van der Waals surface area contributed by atoms with Crippen molar-refractivity contribution in [3.05, 3.63) is 122 Å². The maximum atomic E-state index is 15.3. The number of benzene rings is 3. The molecule has 1 fully saturated rings. The molecule has 1 saturated heterocycles. The van der Waals surface area contributed by atoms with Gasteiger partial charge in [0.1, 0.15) is 42.2 Å². The van der Waals surface area contributed by atoms with E-state index in [2.05, 4.69) is 20.6 Å². The number of anilines is 1. The number of methoxy groups -OCH3 is 1. The van der Waals surface area contributed by atoms with Crippen molar-refractivity contribution in [1.82, 2.24) is 25.5 Å². The van der Waals surface area contributed by atoms with Crippen molar-refractivity contribution < 1.29 is 43.3 Å². The summed E-state index contributed by atoms with van der Waals surface area (Å²) >= 11 is 0. The molecule has 334 valence electrons. The standard InChI is InChI=1S/C43H51N9O11/c1-5-26(2)37(48-39(53)32(44)21-28-16-18-31(19-17-28)63-24-29-11-7-6-8-12-29)42(56)50(33-13-9-14-34(51(58)59)38(33)52(60)61)36(22-30-23-45-25-46-30)41(55)49-20-10-15-35(49)40(54)47-27(3)43(57)62-4/h6-9,11-14,16-19,23,25-27,32,35-37H,5,10,15,20-22,24,44H2,1-4H3,(H,45,46)(H,47,54)(H,48,53)/t26-,27-,32-,35-,36-,37-/m0/s1. The molecule has 0 bridgehead atoms. The van der Waals surface area contributed by atoms with Crippen LogP contribution in [0.4, 0.5) is 17.1 Å². The number of hydrogen-bond donors (Lipinski definition) is 4. The summed E-state index contributed by atoms with van der Waals surface area (Å²) in [7, 11) is 1.15. The van der Waals surface area contributed by atoms with Crippen LogP contribution >= 0.6 is 0 Å².